The first-order valence-electron chi connectivity index (χ1n) is 6.02. The molecule has 2 aliphatic rings. The van der Waals surface area contributed by atoms with Crippen LogP contribution in [-0.4, -0.2) is 19.5 Å². The lowest BCUT2D eigenvalue weighted by molar-refractivity contribution is -0.177. The van der Waals surface area contributed by atoms with Gasteiger partial charge in [0, 0.05) is 6.61 Å². The Hall–Kier alpha value is -0.340. The molecule has 2 fully saturated rings. The summed E-state index contributed by atoms with van der Waals surface area (Å²) in [5.41, 5.74) is 1.63. The Labute approximate surface area is 92.6 Å². The van der Waals surface area contributed by atoms with E-state index in [0.29, 0.717) is 5.92 Å². The Bertz CT molecular complexity index is 239. The number of hydrogen-bond donors (Lipinski definition) is 0. The smallest absolute Gasteiger partial charge is 0.157 e. The van der Waals surface area contributed by atoms with Gasteiger partial charge in [-0.3, -0.25) is 0 Å². The zero-order valence-electron chi connectivity index (χ0n) is 9.92. The van der Waals surface area contributed by atoms with Crippen molar-refractivity contribution < 1.29 is 9.47 Å². The van der Waals surface area contributed by atoms with Crippen LogP contribution in [0.5, 0.6) is 0 Å². The van der Waals surface area contributed by atoms with Gasteiger partial charge in [0.15, 0.2) is 6.29 Å². The first-order valence-corrected chi connectivity index (χ1v) is 6.02. The summed E-state index contributed by atoms with van der Waals surface area (Å²) >= 11 is 0. The molecule has 86 valence electrons. The molecule has 0 bridgehead atoms. The highest BCUT2D eigenvalue weighted by Gasteiger charge is 2.42. The quantitative estimate of drug-likeness (QED) is 0.666. The van der Waals surface area contributed by atoms with Crippen LogP contribution >= 0.6 is 0 Å². The van der Waals surface area contributed by atoms with Crippen molar-refractivity contribution in [2.75, 3.05) is 13.2 Å². The number of hydrogen-bond acceptors (Lipinski definition) is 2. The van der Waals surface area contributed by atoms with Crippen LogP contribution in [0.15, 0.2) is 12.2 Å². The standard InChI is InChI=1S/C13H22O2/c1-10-8-11(13(10,2)3)9-15-12-6-4-5-7-14-12/h11-12H,1,4-9H2,2-3H3. The molecule has 2 nitrogen and oxygen atoms in total. The number of ether oxygens (including phenoxy) is 2. The van der Waals surface area contributed by atoms with Crippen molar-refractivity contribution >= 4 is 0 Å². The minimum Gasteiger partial charge on any atom is -0.353 e. The van der Waals surface area contributed by atoms with E-state index >= 15 is 0 Å². The third-order valence-corrected chi connectivity index (χ3v) is 4.05. The van der Waals surface area contributed by atoms with Gasteiger partial charge in [-0.1, -0.05) is 26.0 Å². The fourth-order valence-corrected chi connectivity index (χ4v) is 2.31. The molecule has 0 aromatic rings. The molecule has 2 atom stereocenters. The lowest BCUT2D eigenvalue weighted by Crippen LogP contribution is -2.41. The molecule has 2 heteroatoms. The van der Waals surface area contributed by atoms with E-state index in [9.17, 15) is 0 Å². The molecular formula is C13H22O2. The van der Waals surface area contributed by atoms with Crippen LogP contribution in [0.25, 0.3) is 0 Å². The van der Waals surface area contributed by atoms with Crippen LogP contribution in [0.2, 0.25) is 0 Å². The van der Waals surface area contributed by atoms with Gasteiger partial charge in [-0.25, -0.2) is 0 Å². The van der Waals surface area contributed by atoms with Crippen LogP contribution in [0.4, 0.5) is 0 Å². The summed E-state index contributed by atoms with van der Waals surface area (Å²) in [7, 11) is 0. The molecule has 1 saturated carbocycles. The van der Waals surface area contributed by atoms with E-state index < -0.39 is 0 Å². The van der Waals surface area contributed by atoms with Gasteiger partial charge in [0.1, 0.15) is 0 Å². The van der Waals surface area contributed by atoms with Gasteiger partial charge >= 0.3 is 0 Å². The van der Waals surface area contributed by atoms with E-state index in [4.69, 9.17) is 9.47 Å². The van der Waals surface area contributed by atoms with Gasteiger partial charge in [-0.15, -0.1) is 0 Å². The topological polar surface area (TPSA) is 18.5 Å². The predicted octanol–water partition coefficient (Wildman–Crippen LogP) is 3.13. The van der Waals surface area contributed by atoms with E-state index in [1.54, 1.807) is 0 Å². The molecule has 2 rings (SSSR count). The van der Waals surface area contributed by atoms with Crippen LogP contribution in [-0.2, 0) is 9.47 Å². The average molecular weight is 210 g/mol. The molecule has 0 amide bonds. The molecule has 2 unspecified atom stereocenters. The molecule has 0 N–H and O–H groups in total. The molecule has 1 heterocycles. The third kappa shape index (κ3) is 2.26. The second-order valence-corrected chi connectivity index (χ2v) is 5.36. The Balaban J connectivity index is 1.72. The summed E-state index contributed by atoms with van der Waals surface area (Å²) in [5, 5.41) is 0. The minimum atomic E-state index is 0.0587. The molecular weight excluding hydrogens is 188 g/mol. The maximum absolute atomic E-state index is 5.81. The molecule has 0 aromatic heterocycles. The molecule has 1 aliphatic carbocycles. The molecule has 1 saturated heterocycles. The van der Waals surface area contributed by atoms with E-state index in [2.05, 4.69) is 20.4 Å². The number of allylic oxidation sites excluding steroid dienone is 1. The lowest BCUT2D eigenvalue weighted by Gasteiger charge is -2.47. The first-order chi connectivity index (χ1) is 7.10. The fraction of sp³-hybridized carbons (Fsp3) is 0.846. The zero-order chi connectivity index (χ0) is 10.9. The zero-order valence-corrected chi connectivity index (χ0v) is 9.92. The van der Waals surface area contributed by atoms with Crippen LogP contribution in [0.3, 0.4) is 0 Å². The van der Waals surface area contributed by atoms with Crippen molar-refractivity contribution in [1.82, 2.24) is 0 Å². The van der Waals surface area contributed by atoms with Gasteiger partial charge in [0.05, 0.1) is 6.61 Å². The van der Waals surface area contributed by atoms with Crippen molar-refractivity contribution in [3.05, 3.63) is 12.2 Å². The Morgan fingerprint density at radius 2 is 2.27 bits per heavy atom. The van der Waals surface area contributed by atoms with Gasteiger partial charge in [-0.05, 0) is 37.0 Å². The van der Waals surface area contributed by atoms with E-state index in [1.807, 2.05) is 0 Å². The molecule has 0 aromatic carbocycles. The van der Waals surface area contributed by atoms with Crippen molar-refractivity contribution in [3.8, 4) is 0 Å². The summed E-state index contributed by atoms with van der Waals surface area (Å²) in [6.07, 6.45) is 4.67. The number of rotatable bonds is 3. The summed E-state index contributed by atoms with van der Waals surface area (Å²) in [5.74, 6) is 0.635. The van der Waals surface area contributed by atoms with Gasteiger partial charge in [0.25, 0.3) is 0 Å². The Morgan fingerprint density at radius 1 is 1.47 bits per heavy atom. The van der Waals surface area contributed by atoms with Crippen molar-refractivity contribution in [1.29, 1.82) is 0 Å². The second kappa shape index (κ2) is 4.26. The Morgan fingerprint density at radius 3 is 2.80 bits per heavy atom. The van der Waals surface area contributed by atoms with Crippen LogP contribution < -0.4 is 0 Å². The maximum atomic E-state index is 5.81. The first kappa shape index (κ1) is 11.2. The highest BCUT2D eigenvalue weighted by atomic mass is 16.7. The summed E-state index contributed by atoms with van der Waals surface area (Å²) in [6.45, 7) is 10.3. The van der Waals surface area contributed by atoms with Gasteiger partial charge in [0.2, 0.25) is 0 Å². The minimum absolute atomic E-state index is 0.0587. The third-order valence-electron chi connectivity index (χ3n) is 4.05. The molecule has 15 heavy (non-hydrogen) atoms. The second-order valence-electron chi connectivity index (χ2n) is 5.36. The molecule has 0 radical (unpaired) electrons. The average Bonchev–Trinajstić information content (AvgIpc) is 2.25. The normalized spacial score (nSPS) is 34.9. The largest absolute Gasteiger partial charge is 0.353 e. The monoisotopic (exact) mass is 210 g/mol. The molecule has 1 aliphatic heterocycles. The van der Waals surface area contributed by atoms with Crippen molar-refractivity contribution in [2.24, 2.45) is 11.3 Å². The molecule has 0 spiro atoms. The summed E-state index contributed by atoms with van der Waals surface area (Å²) in [4.78, 5) is 0. The van der Waals surface area contributed by atoms with Crippen molar-refractivity contribution in [2.45, 2.75) is 45.8 Å². The van der Waals surface area contributed by atoms with Crippen molar-refractivity contribution in [3.63, 3.8) is 0 Å². The highest BCUT2D eigenvalue weighted by molar-refractivity contribution is 5.20. The summed E-state index contributed by atoms with van der Waals surface area (Å²) < 4.78 is 11.4. The van der Waals surface area contributed by atoms with Crippen LogP contribution in [0.1, 0.15) is 39.5 Å². The van der Waals surface area contributed by atoms with Gasteiger partial charge in [-0.2, -0.15) is 0 Å². The van der Waals surface area contributed by atoms with E-state index in [1.165, 1.54) is 18.4 Å². The highest BCUT2D eigenvalue weighted by Crippen LogP contribution is 2.49. The predicted molar refractivity (Wildman–Crippen MR) is 60.6 cm³/mol. The lowest BCUT2D eigenvalue weighted by atomic mass is 9.59. The van der Waals surface area contributed by atoms with E-state index in [-0.39, 0.29) is 11.7 Å². The van der Waals surface area contributed by atoms with Gasteiger partial charge < -0.3 is 9.47 Å². The van der Waals surface area contributed by atoms with Crippen LogP contribution in [0, 0.1) is 11.3 Å². The Kier molecular flexibility index (Phi) is 3.17. The SMILES string of the molecule is C=C1CC(COC2CCCCO2)C1(C)C. The van der Waals surface area contributed by atoms with E-state index in [0.717, 1.165) is 26.1 Å². The fourth-order valence-electron chi connectivity index (χ4n) is 2.31. The maximum Gasteiger partial charge on any atom is 0.157 e. The summed E-state index contributed by atoms with van der Waals surface area (Å²) in [6, 6.07) is 0.